The topological polar surface area (TPSA) is 0 Å². The predicted octanol–water partition coefficient (Wildman–Crippen LogP) is 1.69. The summed E-state index contributed by atoms with van der Waals surface area (Å²) in [4.78, 5) is 0. The third kappa shape index (κ3) is 3.67. The summed E-state index contributed by atoms with van der Waals surface area (Å²) in [6.07, 6.45) is 14.6. The van der Waals surface area contributed by atoms with Crippen LogP contribution in [0, 0.1) is 0 Å². The minimum absolute atomic E-state index is 0.463. The molecule has 0 fully saturated rings. The zero-order valence-electron chi connectivity index (χ0n) is 5.77. The van der Waals surface area contributed by atoms with E-state index in [1.807, 2.05) is 6.08 Å². The third-order valence-electron chi connectivity index (χ3n) is 1.11. The Kier molecular flexibility index (Phi) is 4.28. The Balaban J connectivity index is 2.70. The molecule has 0 radical (unpaired) electrons. The van der Waals surface area contributed by atoms with Gasteiger partial charge in [-0.15, -0.1) is 0 Å². The third-order valence-corrected chi connectivity index (χ3v) is 3.65. The monoisotopic (exact) mass is 232 g/mol. The van der Waals surface area contributed by atoms with Crippen LogP contribution in [0.2, 0.25) is 0 Å². The standard InChI is InChI=1S/C9H9.In/c1-3-5-7-9-8-6-4-2;/h1-9H;/b3-1?,6-4-,7-5-,9-8+;. The fourth-order valence-electron chi connectivity index (χ4n) is 0.642. The molecule has 1 aliphatic rings. The van der Waals surface area contributed by atoms with Gasteiger partial charge in [-0.25, -0.2) is 0 Å². The van der Waals surface area contributed by atoms with E-state index in [2.05, 4.69) is 44.0 Å². The minimum atomic E-state index is -0.463. The van der Waals surface area contributed by atoms with Gasteiger partial charge in [-0.2, -0.15) is 0 Å². The van der Waals surface area contributed by atoms with Crippen LogP contribution in [0.4, 0.5) is 0 Å². The van der Waals surface area contributed by atoms with E-state index in [-0.39, 0.29) is 0 Å². The van der Waals surface area contributed by atoms with Gasteiger partial charge in [0.05, 0.1) is 0 Å². The van der Waals surface area contributed by atoms with Gasteiger partial charge >= 0.3 is 72.5 Å². The molecule has 48 valence electrons. The normalized spacial score (nSPS) is 30.4. The van der Waals surface area contributed by atoms with Gasteiger partial charge in [-0.05, 0) is 0 Å². The summed E-state index contributed by atoms with van der Waals surface area (Å²) >= 11 is -0.463. The molecule has 1 rings (SSSR count). The first-order chi connectivity index (χ1) is 5.00. The molecule has 0 saturated carbocycles. The summed E-state index contributed by atoms with van der Waals surface area (Å²) in [6, 6.07) is 0. The van der Waals surface area contributed by atoms with Gasteiger partial charge in [0, 0.05) is 0 Å². The SMILES string of the molecule is C1=C\C=C\C=C/[CH]=[In]\[CH]=C/1. The maximum absolute atomic E-state index is 2.32. The number of hydrogen-bond donors (Lipinski definition) is 0. The summed E-state index contributed by atoms with van der Waals surface area (Å²) < 4.78 is 4.63. The van der Waals surface area contributed by atoms with Crippen molar-refractivity contribution in [2.45, 2.75) is 0 Å². The second-order valence-corrected chi connectivity index (χ2v) is 5.22. The van der Waals surface area contributed by atoms with Crippen LogP contribution in [0.1, 0.15) is 0 Å². The van der Waals surface area contributed by atoms with Crippen molar-refractivity contribution in [3.63, 3.8) is 0 Å². The molecule has 1 heteroatoms. The zero-order valence-corrected chi connectivity index (χ0v) is 9.07. The van der Waals surface area contributed by atoms with Crippen LogP contribution in [-0.4, -0.2) is 26.2 Å². The van der Waals surface area contributed by atoms with Crippen LogP contribution in [0.3, 0.4) is 0 Å². The Labute approximate surface area is 72.5 Å². The molecule has 0 amide bonds. The molecule has 0 unspecified atom stereocenters. The fourth-order valence-corrected chi connectivity index (χ4v) is 2.47. The quantitative estimate of drug-likeness (QED) is 0.596. The van der Waals surface area contributed by atoms with Gasteiger partial charge in [0.2, 0.25) is 0 Å². The molecule has 0 spiro atoms. The number of rotatable bonds is 0. The Bertz CT molecular complexity index is 139. The number of allylic oxidation sites excluding steroid dienone is 7. The molecule has 0 nitrogen and oxygen atoms in total. The molecule has 0 aromatic carbocycles. The van der Waals surface area contributed by atoms with Gasteiger partial charge in [0.15, 0.2) is 0 Å². The molecule has 10 heavy (non-hydrogen) atoms. The molecule has 0 aromatic rings. The molecule has 0 bridgehead atoms. The van der Waals surface area contributed by atoms with Gasteiger partial charge in [-0.3, -0.25) is 0 Å². The Hall–Kier alpha value is -0.300. The Morgan fingerprint density at radius 3 is 2.00 bits per heavy atom. The maximum atomic E-state index is 2.32. The van der Waals surface area contributed by atoms with Crippen molar-refractivity contribution in [3.05, 3.63) is 46.4 Å². The molecule has 0 aliphatic carbocycles. The van der Waals surface area contributed by atoms with Gasteiger partial charge in [0.1, 0.15) is 0 Å². The Morgan fingerprint density at radius 1 is 0.600 bits per heavy atom. The van der Waals surface area contributed by atoms with E-state index in [4.69, 9.17) is 0 Å². The van der Waals surface area contributed by atoms with E-state index in [1.165, 1.54) is 0 Å². The van der Waals surface area contributed by atoms with Crippen molar-refractivity contribution < 1.29 is 0 Å². The first-order valence-electron chi connectivity index (χ1n) is 3.33. The van der Waals surface area contributed by atoms with E-state index in [9.17, 15) is 0 Å². The second-order valence-electron chi connectivity index (χ2n) is 1.92. The van der Waals surface area contributed by atoms with Crippen molar-refractivity contribution in [2.75, 3.05) is 0 Å². The van der Waals surface area contributed by atoms with E-state index in [0.29, 0.717) is 0 Å². The van der Waals surface area contributed by atoms with Crippen molar-refractivity contribution in [1.29, 1.82) is 0 Å². The van der Waals surface area contributed by atoms with E-state index in [1.54, 1.807) is 0 Å². The zero-order chi connectivity index (χ0) is 7.07. The molecule has 0 N–H and O–H groups in total. The summed E-state index contributed by atoms with van der Waals surface area (Å²) in [7, 11) is 0. The first-order valence-corrected chi connectivity index (χ1v) is 7.14. The molecular weight excluding hydrogens is 223 g/mol. The average molecular weight is 232 g/mol. The molecule has 0 saturated heterocycles. The summed E-state index contributed by atoms with van der Waals surface area (Å²) in [5.41, 5.74) is 0. The predicted molar refractivity (Wildman–Crippen MR) is 48.4 cm³/mol. The summed E-state index contributed by atoms with van der Waals surface area (Å²) in [5.74, 6) is 0. The van der Waals surface area contributed by atoms with Gasteiger partial charge in [0.25, 0.3) is 0 Å². The van der Waals surface area contributed by atoms with Crippen LogP contribution in [0.25, 0.3) is 0 Å². The second kappa shape index (κ2) is 5.48. The van der Waals surface area contributed by atoms with E-state index in [0.717, 1.165) is 0 Å². The van der Waals surface area contributed by atoms with Crippen molar-refractivity contribution >= 4 is 26.2 Å². The van der Waals surface area contributed by atoms with Gasteiger partial charge < -0.3 is 0 Å². The summed E-state index contributed by atoms with van der Waals surface area (Å²) in [6.45, 7) is 0. The van der Waals surface area contributed by atoms with Crippen LogP contribution in [-0.2, 0) is 0 Å². The van der Waals surface area contributed by atoms with Crippen molar-refractivity contribution in [2.24, 2.45) is 0 Å². The average Bonchev–Trinajstić information content (AvgIpc) is 2.01. The fraction of sp³-hybridized carbons (Fsp3) is 0. The van der Waals surface area contributed by atoms with E-state index >= 15 is 0 Å². The Morgan fingerprint density at radius 2 is 1.20 bits per heavy atom. The van der Waals surface area contributed by atoms with Crippen molar-refractivity contribution in [1.82, 2.24) is 0 Å². The summed E-state index contributed by atoms with van der Waals surface area (Å²) in [5, 5.41) is 0. The molecular formula is C9H9In. The van der Waals surface area contributed by atoms with Crippen LogP contribution in [0.15, 0.2) is 46.4 Å². The first kappa shape index (κ1) is 7.80. The van der Waals surface area contributed by atoms with E-state index < -0.39 is 22.4 Å². The van der Waals surface area contributed by atoms with Crippen molar-refractivity contribution in [3.8, 4) is 0 Å². The number of hydrogen-bond acceptors (Lipinski definition) is 0. The molecule has 1 aliphatic heterocycles. The van der Waals surface area contributed by atoms with Gasteiger partial charge in [-0.1, -0.05) is 0 Å². The van der Waals surface area contributed by atoms with Crippen LogP contribution in [0.5, 0.6) is 0 Å². The molecule has 0 atom stereocenters. The van der Waals surface area contributed by atoms with Crippen LogP contribution >= 0.6 is 0 Å². The molecule has 0 aromatic heterocycles. The molecule has 1 heterocycles. The van der Waals surface area contributed by atoms with Crippen LogP contribution < -0.4 is 0 Å².